The van der Waals surface area contributed by atoms with Crippen LogP contribution in [-0.4, -0.2) is 16.1 Å². The highest BCUT2D eigenvalue weighted by molar-refractivity contribution is 9.10. The number of halogens is 1. The molecule has 2 rings (SSSR count). The normalized spacial score (nSPS) is 18.1. The smallest absolute Gasteiger partial charge is 0.268 e. The molecule has 4 nitrogen and oxygen atoms in total. The maximum Gasteiger partial charge on any atom is 0.268 e. The summed E-state index contributed by atoms with van der Waals surface area (Å²) in [5.41, 5.74) is -0.196. The molecular formula is C11H15BrN2O2. The Morgan fingerprint density at radius 1 is 1.31 bits per heavy atom. The second-order valence-electron chi connectivity index (χ2n) is 4.08. The van der Waals surface area contributed by atoms with E-state index in [0.29, 0.717) is 10.4 Å². The van der Waals surface area contributed by atoms with E-state index < -0.39 is 0 Å². The molecule has 0 saturated heterocycles. The first-order valence-electron chi connectivity index (χ1n) is 5.67. The molecule has 0 atom stereocenters. The number of hydrogen-bond donors (Lipinski definition) is 1. The van der Waals surface area contributed by atoms with E-state index in [1.54, 1.807) is 0 Å². The second kappa shape index (κ2) is 5.48. The van der Waals surface area contributed by atoms with Crippen molar-refractivity contribution < 1.29 is 4.74 Å². The van der Waals surface area contributed by atoms with Crippen molar-refractivity contribution in [1.82, 2.24) is 9.97 Å². The van der Waals surface area contributed by atoms with Crippen molar-refractivity contribution in [2.45, 2.75) is 44.6 Å². The molecule has 0 aliphatic heterocycles. The van der Waals surface area contributed by atoms with Gasteiger partial charge in [-0.1, -0.05) is 12.8 Å². The van der Waals surface area contributed by atoms with Crippen LogP contribution in [0.3, 0.4) is 0 Å². The van der Waals surface area contributed by atoms with E-state index in [-0.39, 0.29) is 11.7 Å². The Bertz CT molecular complexity index is 397. The van der Waals surface area contributed by atoms with E-state index in [4.69, 9.17) is 4.74 Å². The quantitative estimate of drug-likeness (QED) is 0.851. The first-order valence-corrected chi connectivity index (χ1v) is 6.46. The second-order valence-corrected chi connectivity index (χ2v) is 4.88. The van der Waals surface area contributed by atoms with Crippen molar-refractivity contribution in [3.8, 4) is 5.88 Å². The van der Waals surface area contributed by atoms with Gasteiger partial charge in [0.1, 0.15) is 10.6 Å². The summed E-state index contributed by atoms with van der Waals surface area (Å²) in [6.07, 6.45) is 8.65. The minimum absolute atomic E-state index is 0.196. The van der Waals surface area contributed by atoms with Gasteiger partial charge in [0.05, 0.1) is 6.33 Å². The van der Waals surface area contributed by atoms with Crippen LogP contribution >= 0.6 is 15.9 Å². The van der Waals surface area contributed by atoms with Gasteiger partial charge in [0.2, 0.25) is 5.88 Å². The molecule has 0 spiro atoms. The van der Waals surface area contributed by atoms with Crippen molar-refractivity contribution in [2.75, 3.05) is 0 Å². The Hall–Kier alpha value is -0.840. The maximum absolute atomic E-state index is 11.3. The molecule has 0 amide bonds. The number of rotatable bonds is 2. The molecule has 88 valence electrons. The molecule has 1 saturated carbocycles. The van der Waals surface area contributed by atoms with E-state index in [1.165, 1.54) is 32.0 Å². The number of aromatic amines is 1. The highest BCUT2D eigenvalue weighted by Crippen LogP contribution is 2.24. The Balaban J connectivity index is 2.07. The molecule has 1 aromatic rings. The minimum atomic E-state index is -0.196. The summed E-state index contributed by atoms with van der Waals surface area (Å²) in [5, 5.41) is 0. The highest BCUT2D eigenvalue weighted by atomic mass is 79.9. The molecule has 0 unspecified atom stereocenters. The Labute approximate surface area is 103 Å². The van der Waals surface area contributed by atoms with Crippen LogP contribution < -0.4 is 10.3 Å². The van der Waals surface area contributed by atoms with Crippen LogP contribution in [0.1, 0.15) is 38.5 Å². The third kappa shape index (κ3) is 2.84. The summed E-state index contributed by atoms with van der Waals surface area (Å²) >= 11 is 3.20. The predicted molar refractivity (Wildman–Crippen MR) is 64.7 cm³/mol. The lowest BCUT2D eigenvalue weighted by Crippen LogP contribution is -2.18. The average molecular weight is 287 g/mol. The number of hydrogen-bond acceptors (Lipinski definition) is 3. The highest BCUT2D eigenvalue weighted by Gasteiger charge is 2.16. The molecule has 1 aliphatic rings. The van der Waals surface area contributed by atoms with Gasteiger partial charge in [-0.05, 0) is 41.6 Å². The summed E-state index contributed by atoms with van der Waals surface area (Å²) in [4.78, 5) is 17.9. The van der Waals surface area contributed by atoms with Crippen LogP contribution in [0.5, 0.6) is 5.88 Å². The first-order chi connectivity index (χ1) is 7.77. The first kappa shape index (κ1) is 11.6. The van der Waals surface area contributed by atoms with Crippen LogP contribution in [0.4, 0.5) is 0 Å². The lowest BCUT2D eigenvalue weighted by Gasteiger charge is -2.16. The van der Waals surface area contributed by atoms with Crippen molar-refractivity contribution in [2.24, 2.45) is 0 Å². The largest absolute Gasteiger partial charge is 0.473 e. The fraction of sp³-hybridized carbons (Fsp3) is 0.636. The molecule has 16 heavy (non-hydrogen) atoms. The number of H-pyrrole nitrogens is 1. The fourth-order valence-corrected chi connectivity index (χ4v) is 2.28. The maximum atomic E-state index is 11.3. The van der Waals surface area contributed by atoms with Gasteiger partial charge < -0.3 is 9.72 Å². The topological polar surface area (TPSA) is 55.0 Å². The molecule has 1 aliphatic carbocycles. The van der Waals surface area contributed by atoms with Crippen LogP contribution in [0.25, 0.3) is 0 Å². The lowest BCUT2D eigenvalue weighted by atomic mass is 10.1. The van der Waals surface area contributed by atoms with E-state index in [9.17, 15) is 4.79 Å². The molecule has 5 heteroatoms. The van der Waals surface area contributed by atoms with Gasteiger partial charge in [-0.15, -0.1) is 0 Å². The molecule has 1 heterocycles. The van der Waals surface area contributed by atoms with Crippen LogP contribution in [-0.2, 0) is 0 Å². The summed E-state index contributed by atoms with van der Waals surface area (Å²) in [6.45, 7) is 0. The molecule has 1 fully saturated rings. The van der Waals surface area contributed by atoms with E-state index in [1.807, 2.05) is 0 Å². The number of aromatic nitrogens is 2. The van der Waals surface area contributed by atoms with Gasteiger partial charge in [-0.25, -0.2) is 4.98 Å². The number of ether oxygens (including phenoxy) is 1. The van der Waals surface area contributed by atoms with Crippen LogP contribution in [0, 0.1) is 0 Å². The summed E-state index contributed by atoms with van der Waals surface area (Å²) in [7, 11) is 0. The number of nitrogens with zero attached hydrogens (tertiary/aromatic N) is 1. The van der Waals surface area contributed by atoms with Gasteiger partial charge >= 0.3 is 0 Å². The number of nitrogens with one attached hydrogen (secondary N) is 1. The van der Waals surface area contributed by atoms with Gasteiger partial charge in [-0.3, -0.25) is 4.79 Å². The third-order valence-corrected chi connectivity index (χ3v) is 3.54. The molecule has 0 aromatic carbocycles. The standard InChI is InChI=1S/C11H15BrN2O2/c12-9-10(15)13-7-14-11(9)16-8-5-3-1-2-4-6-8/h7-8H,1-6H2,(H,13,14,15). The lowest BCUT2D eigenvalue weighted by molar-refractivity contribution is 0.174. The SMILES string of the molecule is O=c1[nH]cnc(OC2CCCCCC2)c1Br. The molecule has 1 N–H and O–H groups in total. The molecular weight excluding hydrogens is 272 g/mol. The van der Waals surface area contributed by atoms with Crippen LogP contribution in [0.2, 0.25) is 0 Å². The van der Waals surface area contributed by atoms with E-state index in [0.717, 1.165) is 12.8 Å². The van der Waals surface area contributed by atoms with Crippen molar-refractivity contribution in [3.05, 3.63) is 21.2 Å². The van der Waals surface area contributed by atoms with Gasteiger partial charge in [0, 0.05) is 0 Å². The average Bonchev–Trinajstić information content (AvgIpc) is 2.53. The summed E-state index contributed by atoms with van der Waals surface area (Å²) < 4.78 is 6.16. The fourth-order valence-electron chi connectivity index (χ4n) is 1.97. The zero-order chi connectivity index (χ0) is 11.4. The predicted octanol–water partition coefficient (Wildman–Crippen LogP) is 2.63. The van der Waals surface area contributed by atoms with E-state index in [2.05, 4.69) is 25.9 Å². The zero-order valence-electron chi connectivity index (χ0n) is 9.04. The Morgan fingerprint density at radius 3 is 2.69 bits per heavy atom. The van der Waals surface area contributed by atoms with Crippen molar-refractivity contribution >= 4 is 15.9 Å². The molecule has 1 aromatic heterocycles. The van der Waals surface area contributed by atoms with E-state index >= 15 is 0 Å². The Morgan fingerprint density at radius 2 is 2.00 bits per heavy atom. The van der Waals surface area contributed by atoms with Gasteiger partial charge in [0.15, 0.2) is 0 Å². The van der Waals surface area contributed by atoms with Crippen molar-refractivity contribution in [1.29, 1.82) is 0 Å². The third-order valence-electron chi connectivity index (χ3n) is 2.85. The van der Waals surface area contributed by atoms with Crippen molar-refractivity contribution in [3.63, 3.8) is 0 Å². The van der Waals surface area contributed by atoms with Gasteiger partial charge in [-0.2, -0.15) is 0 Å². The molecule has 0 radical (unpaired) electrons. The summed E-state index contributed by atoms with van der Waals surface area (Å²) in [6, 6.07) is 0. The Kier molecular flexibility index (Phi) is 3.98. The monoisotopic (exact) mass is 286 g/mol. The van der Waals surface area contributed by atoms with Gasteiger partial charge in [0.25, 0.3) is 5.56 Å². The summed E-state index contributed by atoms with van der Waals surface area (Å²) in [5.74, 6) is 0.413. The molecule has 0 bridgehead atoms. The minimum Gasteiger partial charge on any atom is -0.473 e. The van der Waals surface area contributed by atoms with Crippen LogP contribution in [0.15, 0.2) is 15.6 Å². The zero-order valence-corrected chi connectivity index (χ0v) is 10.6.